The van der Waals surface area contributed by atoms with Crippen molar-refractivity contribution < 1.29 is 9.59 Å². The highest BCUT2D eigenvalue weighted by Gasteiger charge is 2.29. The molecule has 30 heavy (non-hydrogen) atoms. The van der Waals surface area contributed by atoms with E-state index in [-0.39, 0.29) is 17.8 Å². The Morgan fingerprint density at radius 1 is 1.40 bits per heavy atom. The van der Waals surface area contributed by atoms with Gasteiger partial charge in [0.2, 0.25) is 17.8 Å². The summed E-state index contributed by atoms with van der Waals surface area (Å²) in [7, 11) is 0. The summed E-state index contributed by atoms with van der Waals surface area (Å²) in [5.41, 5.74) is 3.41. The van der Waals surface area contributed by atoms with Crippen LogP contribution in [-0.4, -0.2) is 34.4 Å². The van der Waals surface area contributed by atoms with E-state index in [0.717, 1.165) is 11.4 Å². The Bertz CT molecular complexity index is 1100. The van der Waals surface area contributed by atoms with Gasteiger partial charge in [0.05, 0.1) is 17.1 Å². The molecular weight excluding hydrogens is 382 g/mol. The molecule has 2 aliphatic rings. The maximum absolute atomic E-state index is 12.4. The van der Waals surface area contributed by atoms with Gasteiger partial charge in [-0.15, -0.1) is 0 Å². The number of carbonyl (C=O) groups is 2. The number of nitrogens with one attached hydrogen (secondary N) is 3. The molecule has 9 heteroatoms. The summed E-state index contributed by atoms with van der Waals surface area (Å²) in [6.07, 6.45) is 2.33. The van der Waals surface area contributed by atoms with Gasteiger partial charge in [-0.1, -0.05) is 12.1 Å². The van der Waals surface area contributed by atoms with Crippen molar-refractivity contribution in [3.8, 4) is 6.07 Å². The zero-order valence-electron chi connectivity index (χ0n) is 16.7. The summed E-state index contributed by atoms with van der Waals surface area (Å²) in [6, 6.07) is 9.48. The van der Waals surface area contributed by atoms with E-state index in [1.165, 1.54) is 0 Å². The van der Waals surface area contributed by atoms with E-state index in [9.17, 15) is 14.9 Å². The third-order valence-electron chi connectivity index (χ3n) is 5.14. The third-order valence-corrected chi connectivity index (χ3v) is 5.14. The molecule has 3 heterocycles. The standard InChI is InChI=1S/C21H21N7O2/c1-3-28-16-7-5-4-6-14(16)25-19(28)13(10-22)18-12(2)11-23-21(26-18)27-20(30)15-8-9-17(29)24-15/h4-7,11,15,25H,3,8-9H2,1-2H3,(H,24,29)(H,23,26,27,30)/b19-13+. The first-order chi connectivity index (χ1) is 14.5. The van der Waals surface area contributed by atoms with E-state index in [2.05, 4.69) is 32.0 Å². The molecule has 0 spiro atoms. The first kappa shape index (κ1) is 19.4. The SMILES string of the molecule is CCN1/C(=C(\C#N)c2nc(NC(=O)C3CCC(=O)N3)ncc2C)Nc2ccccc21. The third kappa shape index (κ3) is 3.43. The van der Waals surface area contributed by atoms with Crippen molar-refractivity contribution in [2.75, 3.05) is 22.1 Å². The summed E-state index contributed by atoms with van der Waals surface area (Å²) in [5, 5.41) is 18.5. The highest BCUT2D eigenvalue weighted by Crippen LogP contribution is 2.38. The van der Waals surface area contributed by atoms with Crippen LogP contribution in [0.4, 0.5) is 17.3 Å². The fourth-order valence-corrected chi connectivity index (χ4v) is 3.64. The number of aryl methyl sites for hydroxylation is 1. The zero-order chi connectivity index (χ0) is 21.3. The number of nitriles is 1. The van der Waals surface area contributed by atoms with Gasteiger partial charge in [0, 0.05) is 19.2 Å². The number of para-hydroxylation sites is 2. The lowest BCUT2D eigenvalue weighted by molar-refractivity contribution is -0.122. The van der Waals surface area contributed by atoms with E-state index in [1.807, 2.05) is 43.0 Å². The lowest BCUT2D eigenvalue weighted by atomic mass is 10.1. The van der Waals surface area contributed by atoms with Crippen LogP contribution in [-0.2, 0) is 9.59 Å². The molecule has 2 aliphatic heterocycles. The molecule has 1 aromatic heterocycles. The predicted octanol–water partition coefficient (Wildman–Crippen LogP) is 2.15. The van der Waals surface area contributed by atoms with Crippen molar-refractivity contribution in [1.82, 2.24) is 15.3 Å². The molecule has 9 nitrogen and oxygen atoms in total. The van der Waals surface area contributed by atoms with Gasteiger partial charge in [0.25, 0.3) is 0 Å². The van der Waals surface area contributed by atoms with E-state index in [4.69, 9.17) is 0 Å². The summed E-state index contributed by atoms with van der Waals surface area (Å²) in [4.78, 5) is 34.4. The molecular formula is C21H21N7O2. The number of amides is 2. The average Bonchev–Trinajstić information content (AvgIpc) is 3.34. The number of hydrogen-bond acceptors (Lipinski definition) is 7. The van der Waals surface area contributed by atoms with Gasteiger partial charge in [-0.05, 0) is 38.0 Å². The number of benzene rings is 1. The highest BCUT2D eigenvalue weighted by atomic mass is 16.2. The molecule has 1 unspecified atom stereocenters. The Morgan fingerprint density at radius 2 is 2.20 bits per heavy atom. The summed E-state index contributed by atoms with van der Waals surface area (Å²) in [5.74, 6) is 0.212. The molecule has 0 bridgehead atoms. The van der Waals surface area contributed by atoms with Crippen molar-refractivity contribution in [2.45, 2.75) is 32.7 Å². The van der Waals surface area contributed by atoms with Crippen LogP contribution in [0.5, 0.6) is 0 Å². The zero-order valence-corrected chi connectivity index (χ0v) is 16.7. The molecule has 0 saturated carbocycles. The minimum absolute atomic E-state index is 0.0914. The molecule has 1 saturated heterocycles. The molecule has 4 rings (SSSR count). The largest absolute Gasteiger partial charge is 0.344 e. The van der Waals surface area contributed by atoms with E-state index >= 15 is 0 Å². The van der Waals surface area contributed by atoms with Crippen LogP contribution in [0.3, 0.4) is 0 Å². The van der Waals surface area contributed by atoms with Crippen molar-refractivity contribution >= 4 is 34.7 Å². The molecule has 1 aromatic carbocycles. The molecule has 3 N–H and O–H groups in total. The number of rotatable bonds is 4. The van der Waals surface area contributed by atoms with Gasteiger partial charge >= 0.3 is 0 Å². The number of nitrogens with zero attached hydrogens (tertiary/aromatic N) is 4. The summed E-state index contributed by atoms with van der Waals surface area (Å²) in [6.45, 7) is 4.49. The average molecular weight is 403 g/mol. The fraction of sp³-hybridized carbons (Fsp3) is 0.286. The first-order valence-electron chi connectivity index (χ1n) is 9.74. The molecule has 1 atom stereocenters. The van der Waals surface area contributed by atoms with Crippen LogP contribution in [0.2, 0.25) is 0 Å². The van der Waals surface area contributed by atoms with Gasteiger partial charge in [0.1, 0.15) is 23.5 Å². The van der Waals surface area contributed by atoms with Crippen molar-refractivity contribution in [2.24, 2.45) is 0 Å². The molecule has 152 valence electrons. The van der Waals surface area contributed by atoms with Crippen molar-refractivity contribution in [1.29, 1.82) is 5.26 Å². The second-order valence-electron chi connectivity index (χ2n) is 7.10. The normalized spacial score (nSPS) is 18.9. The number of anilines is 3. The monoisotopic (exact) mass is 403 g/mol. The Labute approximate surface area is 173 Å². The number of allylic oxidation sites excluding steroid dienone is 1. The van der Waals surface area contributed by atoms with Gasteiger partial charge in [0.15, 0.2) is 0 Å². The first-order valence-corrected chi connectivity index (χ1v) is 9.74. The van der Waals surface area contributed by atoms with Gasteiger partial charge < -0.3 is 15.5 Å². The highest BCUT2D eigenvalue weighted by molar-refractivity contribution is 5.98. The molecule has 1 fully saturated rings. The number of carbonyl (C=O) groups excluding carboxylic acids is 2. The lowest BCUT2D eigenvalue weighted by Gasteiger charge is -2.19. The smallest absolute Gasteiger partial charge is 0.249 e. The van der Waals surface area contributed by atoms with E-state index in [1.54, 1.807) is 6.20 Å². The second kappa shape index (κ2) is 7.83. The van der Waals surface area contributed by atoms with Crippen LogP contribution in [0.15, 0.2) is 36.3 Å². The van der Waals surface area contributed by atoms with Crippen LogP contribution in [0.25, 0.3) is 5.57 Å². The molecule has 2 aromatic rings. The molecule has 2 amide bonds. The van der Waals surface area contributed by atoms with E-state index < -0.39 is 6.04 Å². The van der Waals surface area contributed by atoms with Crippen LogP contribution >= 0.6 is 0 Å². The summed E-state index contributed by atoms with van der Waals surface area (Å²) < 4.78 is 0. The minimum Gasteiger partial charge on any atom is -0.344 e. The number of fused-ring (bicyclic) bond motifs is 1. The summed E-state index contributed by atoms with van der Waals surface area (Å²) >= 11 is 0. The van der Waals surface area contributed by atoms with Gasteiger partial charge in [-0.2, -0.15) is 5.26 Å². The number of aromatic nitrogens is 2. The second-order valence-corrected chi connectivity index (χ2v) is 7.10. The minimum atomic E-state index is -0.596. The molecule has 0 radical (unpaired) electrons. The Morgan fingerprint density at radius 3 is 2.90 bits per heavy atom. The fourth-order valence-electron chi connectivity index (χ4n) is 3.64. The Kier molecular flexibility index (Phi) is 5.06. The van der Waals surface area contributed by atoms with E-state index in [0.29, 0.717) is 42.0 Å². The lowest BCUT2D eigenvalue weighted by Crippen LogP contribution is -2.37. The number of hydrogen-bond donors (Lipinski definition) is 3. The Balaban J connectivity index is 1.68. The maximum Gasteiger partial charge on any atom is 0.249 e. The predicted molar refractivity (Wildman–Crippen MR) is 112 cm³/mol. The van der Waals surface area contributed by atoms with Gasteiger partial charge in [-0.25, -0.2) is 9.97 Å². The quantitative estimate of drug-likeness (QED) is 0.668. The van der Waals surface area contributed by atoms with Crippen molar-refractivity contribution in [3.05, 3.63) is 47.5 Å². The van der Waals surface area contributed by atoms with Crippen LogP contribution in [0, 0.1) is 18.3 Å². The van der Waals surface area contributed by atoms with Gasteiger partial charge in [-0.3, -0.25) is 14.9 Å². The van der Waals surface area contributed by atoms with Crippen LogP contribution in [0.1, 0.15) is 31.0 Å². The topological polar surface area (TPSA) is 123 Å². The molecule has 0 aliphatic carbocycles. The Hall–Kier alpha value is -3.93. The maximum atomic E-state index is 12.4. The van der Waals surface area contributed by atoms with Crippen molar-refractivity contribution in [3.63, 3.8) is 0 Å². The van der Waals surface area contributed by atoms with Crippen LogP contribution < -0.4 is 20.9 Å².